The van der Waals surface area contributed by atoms with Crippen molar-refractivity contribution < 1.29 is 32.2 Å². The molecule has 1 N–H and O–H groups in total. The summed E-state index contributed by atoms with van der Waals surface area (Å²) < 4.78 is 42.6. The Labute approximate surface area is 197 Å². The highest BCUT2D eigenvalue weighted by molar-refractivity contribution is 7.89. The molecule has 33 heavy (non-hydrogen) atoms. The Balaban J connectivity index is 1.83. The van der Waals surface area contributed by atoms with Crippen LogP contribution in [0.4, 0.5) is 5.69 Å². The number of hydrogen-bond donors (Lipinski definition) is 1. The summed E-state index contributed by atoms with van der Waals surface area (Å²) in [6.45, 7) is 0.316. The number of benzene rings is 2. The first-order valence-electron chi connectivity index (χ1n) is 10.1. The van der Waals surface area contributed by atoms with Crippen LogP contribution in [0.2, 0.25) is 5.02 Å². The number of carbonyl (C=O) groups excluding carboxylic acids is 2. The van der Waals surface area contributed by atoms with Gasteiger partial charge in [-0.25, -0.2) is 13.2 Å². The van der Waals surface area contributed by atoms with E-state index in [1.54, 1.807) is 0 Å². The van der Waals surface area contributed by atoms with Gasteiger partial charge in [0.2, 0.25) is 15.9 Å². The third kappa shape index (κ3) is 5.40. The third-order valence-electron chi connectivity index (χ3n) is 5.39. The number of halogens is 1. The number of carbonyl (C=O) groups is 2. The largest absolute Gasteiger partial charge is 0.493 e. The van der Waals surface area contributed by atoms with Crippen molar-refractivity contribution in [3.63, 3.8) is 0 Å². The van der Waals surface area contributed by atoms with Gasteiger partial charge in [0.1, 0.15) is 0 Å². The van der Waals surface area contributed by atoms with Gasteiger partial charge >= 0.3 is 5.97 Å². The van der Waals surface area contributed by atoms with E-state index in [9.17, 15) is 18.0 Å². The van der Waals surface area contributed by atoms with E-state index in [1.165, 1.54) is 62.0 Å². The Hall–Kier alpha value is -2.82. The molecule has 0 spiro atoms. The highest BCUT2D eigenvalue weighted by atomic mass is 35.5. The lowest BCUT2D eigenvalue weighted by molar-refractivity contribution is -0.120. The summed E-state index contributed by atoms with van der Waals surface area (Å²) in [4.78, 5) is 25.4. The highest BCUT2D eigenvalue weighted by Crippen LogP contribution is 2.34. The summed E-state index contributed by atoms with van der Waals surface area (Å²) in [5.41, 5.74) is 0.270. The molecule has 0 saturated carbocycles. The monoisotopic (exact) mass is 496 g/mol. The molecule has 2 aromatic rings. The minimum absolute atomic E-state index is 0.0115. The van der Waals surface area contributed by atoms with Crippen LogP contribution in [0.25, 0.3) is 0 Å². The minimum atomic E-state index is -3.78. The predicted octanol–water partition coefficient (Wildman–Crippen LogP) is 3.18. The fourth-order valence-corrected chi connectivity index (χ4v) is 5.28. The van der Waals surface area contributed by atoms with Gasteiger partial charge in [-0.15, -0.1) is 0 Å². The van der Waals surface area contributed by atoms with Crippen LogP contribution in [0.1, 0.15) is 23.2 Å². The molecule has 178 valence electrons. The molecule has 0 aromatic heterocycles. The molecule has 9 nitrogen and oxygen atoms in total. The summed E-state index contributed by atoms with van der Waals surface area (Å²) >= 11 is 5.86. The standard InChI is InChI=1S/C22H25ClN2O7S/c1-30-19-11-17(22(27)32-3)18(12-20(19)31-2)24-21(26)14-5-4-10-25(13-14)33(28,29)16-8-6-15(23)7-9-16/h6-9,11-12,14H,4-5,10,13H2,1-3H3,(H,24,26)/t14-/m0/s1. The fraction of sp³-hybridized carbons (Fsp3) is 0.364. The summed E-state index contributed by atoms with van der Waals surface area (Å²) in [6, 6.07) is 8.77. The molecule has 1 aliphatic heterocycles. The molecule has 3 rings (SSSR count). The van der Waals surface area contributed by atoms with E-state index in [4.69, 9.17) is 25.8 Å². The maximum Gasteiger partial charge on any atom is 0.340 e. The summed E-state index contributed by atoms with van der Waals surface area (Å²) in [6.07, 6.45) is 1.01. The molecule has 0 radical (unpaired) electrons. The van der Waals surface area contributed by atoms with Crippen LogP contribution in [0.5, 0.6) is 11.5 Å². The van der Waals surface area contributed by atoms with E-state index < -0.39 is 27.8 Å². The van der Waals surface area contributed by atoms with Gasteiger partial charge in [-0.1, -0.05) is 11.6 Å². The van der Waals surface area contributed by atoms with E-state index in [2.05, 4.69) is 5.32 Å². The Kier molecular flexibility index (Phi) is 7.83. The van der Waals surface area contributed by atoms with Crippen molar-refractivity contribution in [1.29, 1.82) is 0 Å². The number of anilines is 1. The number of ether oxygens (including phenoxy) is 3. The second-order valence-corrected chi connectivity index (χ2v) is 9.76. The predicted molar refractivity (Wildman–Crippen MR) is 122 cm³/mol. The third-order valence-corrected chi connectivity index (χ3v) is 7.52. The van der Waals surface area contributed by atoms with Crippen molar-refractivity contribution in [2.45, 2.75) is 17.7 Å². The topological polar surface area (TPSA) is 111 Å². The van der Waals surface area contributed by atoms with Gasteiger partial charge in [0.05, 0.1) is 43.4 Å². The molecule has 0 unspecified atom stereocenters. The van der Waals surface area contributed by atoms with Gasteiger partial charge in [-0.05, 0) is 37.1 Å². The van der Waals surface area contributed by atoms with E-state index >= 15 is 0 Å². The average Bonchev–Trinajstić information content (AvgIpc) is 2.83. The molecule has 1 heterocycles. The maximum atomic E-state index is 13.1. The van der Waals surface area contributed by atoms with Crippen molar-refractivity contribution in [1.82, 2.24) is 4.31 Å². The first-order valence-corrected chi connectivity index (χ1v) is 11.9. The van der Waals surface area contributed by atoms with E-state index in [-0.39, 0.29) is 22.7 Å². The number of rotatable bonds is 7. The number of hydrogen-bond acceptors (Lipinski definition) is 7. The molecule has 1 aliphatic rings. The Bertz CT molecular complexity index is 1140. The zero-order valence-electron chi connectivity index (χ0n) is 18.5. The molecule has 1 fully saturated rings. The lowest BCUT2D eigenvalue weighted by Gasteiger charge is -2.31. The molecule has 0 aliphatic carbocycles. The van der Waals surface area contributed by atoms with Gasteiger partial charge in [0, 0.05) is 30.2 Å². The average molecular weight is 497 g/mol. The number of methoxy groups -OCH3 is 3. The highest BCUT2D eigenvalue weighted by Gasteiger charge is 2.34. The normalized spacial score (nSPS) is 16.7. The van der Waals surface area contributed by atoms with E-state index in [0.29, 0.717) is 35.9 Å². The molecule has 1 saturated heterocycles. The minimum Gasteiger partial charge on any atom is -0.493 e. The van der Waals surface area contributed by atoms with Gasteiger partial charge < -0.3 is 19.5 Å². The number of piperidine rings is 1. The first kappa shape index (κ1) is 24.8. The Morgan fingerprint density at radius 2 is 1.70 bits per heavy atom. The summed E-state index contributed by atoms with van der Waals surface area (Å²) in [5, 5.41) is 3.16. The Morgan fingerprint density at radius 1 is 1.06 bits per heavy atom. The zero-order chi connectivity index (χ0) is 24.2. The smallest absolute Gasteiger partial charge is 0.340 e. The molecule has 0 bridgehead atoms. The maximum absolute atomic E-state index is 13.1. The summed E-state index contributed by atoms with van der Waals surface area (Å²) in [5.74, 6) is -1.07. The van der Waals surface area contributed by atoms with Crippen LogP contribution in [-0.2, 0) is 19.6 Å². The number of nitrogens with zero attached hydrogens (tertiary/aromatic N) is 1. The van der Waals surface area contributed by atoms with Crippen LogP contribution in [0, 0.1) is 5.92 Å². The van der Waals surface area contributed by atoms with Gasteiger partial charge in [0.25, 0.3) is 0 Å². The van der Waals surface area contributed by atoms with Crippen LogP contribution < -0.4 is 14.8 Å². The quantitative estimate of drug-likeness (QED) is 0.586. The SMILES string of the molecule is COC(=O)c1cc(OC)c(OC)cc1NC(=O)[C@H]1CCCN(S(=O)(=O)c2ccc(Cl)cc2)C1. The van der Waals surface area contributed by atoms with E-state index in [1.807, 2.05) is 0 Å². The van der Waals surface area contributed by atoms with Crippen molar-refractivity contribution in [3.8, 4) is 11.5 Å². The van der Waals surface area contributed by atoms with Gasteiger partial charge in [-0.2, -0.15) is 4.31 Å². The van der Waals surface area contributed by atoms with Crippen LogP contribution in [-0.4, -0.2) is 59.0 Å². The van der Waals surface area contributed by atoms with Crippen molar-refractivity contribution in [2.24, 2.45) is 5.92 Å². The van der Waals surface area contributed by atoms with Crippen molar-refractivity contribution in [3.05, 3.63) is 47.0 Å². The lowest BCUT2D eigenvalue weighted by atomic mass is 9.98. The van der Waals surface area contributed by atoms with Gasteiger partial charge in [-0.3, -0.25) is 4.79 Å². The number of sulfonamides is 1. The molecule has 11 heteroatoms. The molecular weight excluding hydrogens is 472 g/mol. The van der Waals surface area contributed by atoms with Crippen LogP contribution >= 0.6 is 11.6 Å². The molecule has 1 atom stereocenters. The Morgan fingerprint density at radius 3 is 2.30 bits per heavy atom. The zero-order valence-corrected chi connectivity index (χ0v) is 20.0. The number of esters is 1. The second-order valence-electron chi connectivity index (χ2n) is 7.39. The number of amides is 1. The summed E-state index contributed by atoms with van der Waals surface area (Å²) in [7, 11) is 0.306. The lowest BCUT2D eigenvalue weighted by Crippen LogP contribution is -2.43. The molecular formula is C22H25ClN2O7S. The first-order chi connectivity index (χ1) is 15.7. The van der Waals surface area contributed by atoms with E-state index in [0.717, 1.165) is 0 Å². The van der Waals surface area contributed by atoms with Crippen molar-refractivity contribution in [2.75, 3.05) is 39.7 Å². The molecule has 1 amide bonds. The fourth-order valence-electron chi connectivity index (χ4n) is 3.63. The second kappa shape index (κ2) is 10.4. The van der Waals surface area contributed by atoms with Gasteiger partial charge in [0.15, 0.2) is 11.5 Å². The van der Waals surface area contributed by atoms with Crippen LogP contribution in [0.3, 0.4) is 0 Å². The number of nitrogens with one attached hydrogen (secondary N) is 1. The van der Waals surface area contributed by atoms with Crippen molar-refractivity contribution >= 4 is 39.2 Å². The molecule has 2 aromatic carbocycles. The van der Waals surface area contributed by atoms with Crippen LogP contribution in [0.15, 0.2) is 41.3 Å².